The molecular formula is C13H17BrOS. The van der Waals surface area contributed by atoms with Crippen LogP contribution in [0.3, 0.4) is 0 Å². The zero-order chi connectivity index (χ0) is 11.4. The Balaban J connectivity index is 1.91. The van der Waals surface area contributed by atoms with Crippen LogP contribution in [0.2, 0.25) is 0 Å². The van der Waals surface area contributed by atoms with E-state index in [-0.39, 0.29) is 6.61 Å². The first kappa shape index (κ1) is 12.5. The van der Waals surface area contributed by atoms with E-state index in [1.54, 1.807) is 0 Å². The van der Waals surface area contributed by atoms with Gasteiger partial charge in [0.2, 0.25) is 0 Å². The van der Waals surface area contributed by atoms with Crippen LogP contribution in [-0.2, 0) is 6.61 Å². The van der Waals surface area contributed by atoms with Gasteiger partial charge in [-0.05, 0) is 36.5 Å². The number of hydrogen-bond donors (Lipinski definition) is 1. The molecule has 0 heterocycles. The zero-order valence-corrected chi connectivity index (χ0v) is 11.7. The van der Waals surface area contributed by atoms with E-state index in [0.717, 1.165) is 16.0 Å². The van der Waals surface area contributed by atoms with Gasteiger partial charge in [-0.1, -0.05) is 34.8 Å². The number of benzene rings is 1. The number of rotatable bonds is 4. The van der Waals surface area contributed by atoms with Gasteiger partial charge in [-0.25, -0.2) is 0 Å². The molecule has 1 aliphatic rings. The first-order valence-electron chi connectivity index (χ1n) is 5.81. The second-order valence-corrected chi connectivity index (χ2v) is 6.32. The molecule has 0 unspecified atom stereocenters. The highest BCUT2D eigenvalue weighted by molar-refractivity contribution is 9.10. The predicted octanol–water partition coefficient (Wildman–Crippen LogP) is 4.22. The molecule has 0 atom stereocenters. The van der Waals surface area contributed by atoms with Gasteiger partial charge in [0.25, 0.3) is 0 Å². The smallest absolute Gasteiger partial charge is 0.0692 e. The average Bonchev–Trinajstić information content (AvgIpc) is 2.79. The number of thioether (sulfide) groups is 1. The fraction of sp³-hybridized carbons (Fsp3) is 0.538. The van der Waals surface area contributed by atoms with E-state index in [2.05, 4.69) is 28.1 Å². The average molecular weight is 301 g/mol. The molecule has 1 aliphatic carbocycles. The molecule has 0 spiro atoms. The van der Waals surface area contributed by atoms with E-state index in [0.29, 0.717) is 0 Å². The Labute approximate surface area is 110 Å². The Morgan fingerprint density at radius 2 is 2.06 bits per heavy atom. The SMILES string of the molecule is OCc1ccc(SCC2CCCC2)cc1Br. The third kappa shape index (κ3) is 3.25. The lowest BCUT2D eigenvalue weighted by atomic mass is 10.1. The number of aliphatic hydroxyl groups excluding tert-OH is 1. The summed E-state index contributed by atoms with van der Waals surface area (Å²) in [6.45, 7) is 0.105. The Morgan fingerprint density at radius 1 is 1.31 bits per heavy atom. The Morgan fingerprint density at radius 3 is 2.69 bits per heavy atom. The quantitative estimate of drug-likeness (QED) is 0.840. The highest BCUT2D eigenvalue weighted by Gasteiger charge is 2.15. The van der Waals surface area contributed by atoms with Crippen LogP contribution in [0.25, 0.3) is 0 Å². The minimum Gasteiger partial charge on any atom is -0.392 e. The van der Waals surface area contributed by atoms with Crippen LogP contribution in [0, 0.1) is 5.92 Å². The molecular weight excluding hydrogens is 284 g/mol. The van der Waals surface area contributed by atoms with E-state index in [1.807, 2.05) is 17.8 Å². The third-order valence-corrected chi connectivity index (χ3v) is 5.12. The van der Waals surface area contributed by atoms with Crippen LogP contribution in [0.5, 0.6) is 0 Å². The van der Waals surface area contributed by atoms with Gasteiger partial charge in [-0.15, -0.1) is 11.8 Å². The molecule has 3 heteroatoms. The second-order valence-electron chi connectivity index (χ2n) is 4.37. The van der Waals surface area contributed by atoms with Gasteiger partial charge in [0.1, 0.15) is 0 Å². The Bertz CT molecular complexity index is 348. The lowest BCUT2D eigenvalue weighted by Crippen LogP contribution is -1.96. The maximum absolute atomic E-state index is 9.08. The molecule has 0 aliphatic heterocycles. The van der Waals surface area contributed by atoms with Crippen LogP contribution in [0.15, 0.2) is 27.6 Å². The van der Waals surface area contributed by atoms with Gasteiger partial charge in [-0.2, -0.15) is 0 Å². The minimum atomic E-state index is 0.105. The zero-order valence-electron chi connectivity index (χ0n) is 9.29. The molecule has 1 nitrogen and oxygen atoms in total. The van der Waals surface area contributed by atoms with E-state index in [9.17, 15) is 0 Å². The van der Waals surface area contributed by atoms with Crippen LogP contribution in [0.1, 0.15) is 31.2 Å². The fourth-order valence-electron chi connectivity index (χ4n) is 2.14. The summed E-state index contributed by atoms with van der Waals surface area (Å²) in [6, 6.07) is 6.22. The topological polar surface area (TPSA) is 20.2 Å². The van der Waals surface area contributed by atoms with E-state index in [4.69, 9.17) is 5.11 Å². The van der Waals surface area contributed by atoms with Crippen LogP contribution in [-0.4, -0.2) is 10.9 Å². The number of hydrogen-bond acceptors (Lipinski definition) is 2. The van der Waals surface area contributed by atoms with Crippen molar-refractivity contribution in [3.05, 3.63) is 28.2 Å². The largest absolute Gasteiger partial charge is 0.392 e. The maximum Gasteiger partial charge on any atom is 0.0692 e. The summed E-state index contributed by atoms with van der Waals surface area (Å²) in [5.74, 6) is 2.16. The van der Waals surface area contributed by atoms with Crippen molar-refractivity contribution in [2.75, 3.05) is 5.75 Å². The van der Waals surface area contributed by atoms with Gasteiger partial charge in [0.05, 0.1) is 6.61 Å². The summed E-state index contributed by atoms with van der Waals surface area (Å²) in [5, 5.41) is 9.08. The fourth-order valence-corrected chi connectivity index (χ4v) is 3.92. The summed E-state index contributed by atoms with van der Waals surface area (Å²) in [4.78, 5) is 1.30. The molecule has 0 bridgehead atoms. The van der Waals surface area contributed by atoms with Crippen molar-refractivity contribution in [3.8, 4) is 0 Å². The van der Waals surface area contributed by atoms with Crippen LogP contribution in [0.4, 0.5) is 0 Å². The first-order chi connectivity index (χ1) is 7.79. The number of halogens is 1. The number of aliphatic hydroxyl groups is 1. The minimum absolute atomic E-state index is 0.105. The Hall–Kier alpha value is 0.01000. The standard InChI is InChI=1S/C13H17BrOS/c14-13-7-12(6-5-11(13)8-15)16-9-10-3-1-2-4-10/h5-7,10,15H,1-4,8-9H2. The molecule has 88 valence electrons. The molecule has 1 aromatic rings. The summed E-state index contributed by atoms with van der Waals surface area (Å²) in [7, 11) is 0. The summed E-state index contributed by atoms with van der Waals surface area (Å²) >= 11 is 5.43. The van der Waals surface area contributed by atoms with E-state index in [1.165, 1.54) is 36.3 Å². The van der Waals surface area contributed by atoms with Gasteiger partial charge in [-0.3, -0.25) is 0 Å². The summed E-state index contributed by atoms with van der Waals surface area (Å²) < 4.78 is 1.02. The molecule has 1 fully saturated rings. The lowest BCUT2D eigenvalue weighted by Gasteiger charge is -2.09. The van der Waals surface area contributed by atoms with Crippen molar-refractivity contribution in [1.82, 2.24) is 0 Å². The molecule has 0 amide bonds. The first-order valence-corrected chi connectivity index (χ1v) is 7.59. The lowest BCUT2D eigenvalue weighted by molar-refractivity contribution is 0.281. The maximum atomic E-state index is 9.08. The van der Waals surface area contributed by atoms with Crippen molar-refractivity contribution in [2.24, 2.45) is 5.92 Å². The molecule has 0 saturated heterocycles. The van der Waals surface area contributed by atoms with Crippen LogP contribution < -0.4 is 0 Å². The van der Waals surface area contributed by atoms with E-state index < -0.39 is 0 Å². The molecule has 16 heavy (non-hydrogen) atoms. The second kappa shape index (κ2) is 6.08. The van der Waals surface area contributed by atoms with Crippen molar-refractivity contribution < 1.29 is 5.11 Å². The Kier molecular flexibility index (Phi) is 4.74. The molecule has 0 radical (unpaired) electrons. The molecule has 2 rings (SSSR count). The van der Waals surface area contributed by atoms with Gasteiger partial charge in [0, 0.05) is 15.1 Å². The van der Waals surface area contributed by atoms with Gasteiger partial charge >= 0.3 is 0 Å². The predicted molar refractivity (Wildman–Crippen MR) is 72.7 cm³/mol. The van der Waals surface area contributed by atoms with Gasteiger partial charge < -0.3 is 5.11 Å². The van der Waals surface area contributed by atoms with Crippen LogP contribution >= 0.6 is 27.7 Å². The van der Waals surface area contributed by atoms with Crippen molar-refractivity contribution in [2.45, 2.75) is 37.2 Å². The van der Waals surface area contributed by atoms with Gasteiger partial charge in [0.15, 0.2) is 0 Å². The molecule has 0 aromatic heterocycles. The summed E-state index contributed by atoms with van der Waals surface area (Å²) in [6.07, 6.45) is 5.64. The molecule has 1 saturated carbocycles. The molecule has 1 aromatic carbocycles. The normalized spacial score (nSPS) is 16.9. The van der Waals surface area contributed by atoms with Crippen molar-refractivity contribution in [3.63, 3.8) is 0 Å². The van der Waals surface area contributed by atoms with E-state index >= 15 is 0 Å². The summed E-state index contributed by atoms with van der Waals surface area (Å²) in [5.41, 5.74) is 0.963. The van der Waals surface area contributed by atoms with Crippen molar-refractivity contribution >= 4 is 27.7 Å². The van der Waals surface area contributed by atoms with Crippen molar-refractivity contribution in [1.29, 1.82) is 0 Å². The third-order valence-electron chi connectivity index (χ3n) is 3.16. The molecule has 1 N–H and O–H groups in total. The highest BCUT2D eigenvalue weighted by Crippen LogP contribution is 2.32. The highest BCUT2D eigenvalue weighted by atomic mass is 79.9. The monoisotopic (exact) mass is 300 g/mol.